The highest BCUT2D eigenvalue weighted by atomic mass is 32.2. The van der Waals surface area contributed by atoms with Crippen LogP contribution in [0.5, 0.6) is 0 Å². The van der Waals surface area contributed by atoms with Crippen LogP contribution in [-0.2, 0) is 10.0 Å². The van der Waals surface area contributed by atoms with Crippen LogP contribution < -0.4 is 10.5 Å². The molecule has 0 fully saturated rings. The number of hydrogen-bond donors (Lipinski definition) is 2. The molecule has 0 radical (unpaired) electrons. The van der Waals surface area contributed by atoms with Crippen LogP contribution in [0.2, 0.25) is 0 Å². The lowest BCUT2D eigenvalue weighted by atomic mass is 10.1. The average Bonchev–Trinajstić information content (AvgIpc) is 2.08. The monoisotopic (exact) mass is 222 g/mol. The van der Waals surface area contributed by atoms with E-state index in [0.29, 0.717) is 12.5 Å². The summed E-state index contributed by atoms with van der Waals surface area (Å²) in [6, 6.07) is 0.514. The minimum Gasteiger partial charge on any atom is -0.314 e. The Bertz CT molecular complexity index is 227. The van der Waals surface area contributed by atoms with Crippen molar-refractivity contribution >= 4 is 10.0 Å². The van der Waals surface area contributed by atoms with E-state index in [-0.39, 0.29) is 5.75 Å². The molecule has 14 heavy (non-hydrogen) atoms. The second kappa shape index (κ2) is 7.20. The molecule has 0 spiro atoms. The maximum Gasteiger partial charge on any atom is 0.209 e. The summed E-state index contributed by atoms with van der Waals surface area (Å²) in [5.41, 5.74) is 0. The standard InChI is InChI=1S/C9H22N2O2S/c1-3-6-9(4-2)11-7-5-8-14(10,12)13/h9,11H,3-8H2,1-2H3,(H2,10,12,13). The predicted octanol–water partition coefficient (Wildman–Crippen LogP) is 0.833. The fourth-order valence-electron chi connectivity index (χ4n) is 1.38. The van der Waals surface area contributed by atoms with Crippen molar-refractivity contribution in [1.82, 2.24) is 5.32 Å². The van der Waals surface area contributed by atoms with E-state index in [4.69, 9.17) is 5.14 Å². The average molecular weight is 222 g/mol. The Hall–Kier alpha value is -0.130. The van der Waals surface area contributed by atoms with Crippen molar-refractivity contribution in [2.45, 2.75) is 45.6 Å². The first-order valence-electron chi connectivity index (χ1n) is 5.23. The van der Waals surface area contributed by atoms with Gasteiger partial charge in [-0.05, 0) is 25.8 Å². The Morgan fingerprint density at radius 3 is 2.43 bits per heavy atom. The maximum atomic E-state index is 10.6. The molecule has 0 saturated carbocycles. The molecule has 0 aliphatic rings. The summed E-state index contributed by atoms with van der Waals surface area (Å²) in [5.74, 6) is 0.0720. The molecule has 4 nitrogen and oxygen atoms in total. The molecule has 1 unspecified atom stereocenters. The fourth-order valence-corrected chi connectivity index (χ4v) is 1.93. The van der Waals surface area contributed by atoms with Crippen LogP contribution in [0.15, 0.2) is 0 Å². The van der Waals surface area contributed by atoms with Gasteiger partial charge in [0.15, 0.2) is 0 Å². The smallest absolute Gasteiger partial charge is 0.209 e. The molecule has 0 aromatic rings. The number of sulfonamides is 1. The van der Waals surface area contributed by atoms with E-state index in [9.17, 15) is 8.42 Å². The molecule has 86 valence electrons. The first-order chi connectivity index (χ1) is 6.49. The van der Waals surface area contributed by atoms with Crippen molar-refractivity contribution in [1.29, 1.82) is 0 Å². The van der Waals surface area contributed by atoms with Crippen molar-refractivity contribution < 1.29 is 8.42 Å². The molecular formula is C9H22N2O2S. The van der Waals surface area contributed by atoms with Crippen molar-refractivity contribution in [3.8, 4) is 0 Å². The molecule has 3 N–H and O–H groups in total. The Morgan fingerprint density at radius 2 is 2.00 bits per heavy atom. The zero-order valence-electron chi connectivity index (χ0n) is 9.12. The highest BCUT2D eigenvalue weighted by Gasteiger charge is 2.05. The zero-order chi connectivity index (χ0) is 11.0. The lowest BCUT2D eigenvalue weighted by Crippen LogP contribution is -2.30. The molecule has 0 aromatic heterocycles. The van der Waals surface area contributed by atoms with E-state index in [1.807, 2.05) is 0 Å². The number of hydrogen-bond acceptors (Lipinski definition) is 3. The Kier molecular flexibility index (Phi) is 7.13. The van der Waals surface area contributed by atoms with Gasteiger partial charge in [-0.25, -0.2) is 13.6 Å². The van der Waals surface area contributed by atoms with Crippen molar-refractivity contribution in [3.63, 3.8) is 0 Å². The lowest BCUT2D eigenvalue weighted by molar-refractivity contribution is 0.463. The molecular weight excluding hydrogens is 200 g/mol. The number of nitrogens with one attached hydrogen (secondary N) is 1. The third-order valence-electron chi connectivity index (χ3n) is 2.17. The Balaban J connectivity index is 3.52. The van der Waals surface area contributed by atoms with E-state index < -0.39 is 10.0 Å². The normalized spacial score (nSPS) is 14.2. The Morgan fingerprint density at radius 1 is 1.36 bits per heavy atom. The summed E-state index contributed by atoms with van der Waals surface area (Å²) in [6.07, 6.45) is 3.98. The number of nitrogens with two attached hydrogens (primary N) is 1. The van der Waals surface area contributed by atoms with Crippen LogP contribution in [0.25, 0.3) is 0 Å². The molecule has 0 aliphatic heterocycles. The molecule has 0 rings (SSSR count). The summed E-state index contributed by atoms with van der Waals surface area (Å²) in [6.45, 7) is 5.01. The molecule has 0 bridgehead atoms. The minimum absolute atomic E-state index is 0.0720. The van der Waals surface area contributed by atoms with Crippen LogP contribution in [0.3, 0.4) is 0 Å². The molecule has 0 saturated heterocycles. The van der Waals surface area contributed by atoms with Crippen LogP contribution in [0.1, 0.15) is 39.5 Å². The van der Waals surface area contributed by atoms with Gasteiger partial charge in [0, 0.05) is 6.04 Å². The number of primary sulfonamides is 1. The van der Waals surface area contributed by atoms with E-state index in [0.717, 1.165) is 25.8 Å². The van der Waals surface area contributed by atoms with E-state index >= 15 is 0 Å². The molecule has 0 aliphatic carbocycles. The van der Waals surface area contributed by atoms with Gasteiger partial charge in [0.2, 0.25) is 10.0 Å². The molecule has 5 heteroatoms. The summed E-state index contributed by atoms with van der Waals surface area (Å²) < 4.78 is 21.2. The van der Waals surface area contributed by atoms with Gasteiger partial charge in [0.05, 0.1) is 5.75 Å². The summed E-state index contributed by atoms with van der Waals surface area (Å²) in [7, 11) is -3.28. The van der Waals surface area contributed by atoms with Crippen LogP contribution in [0, 0.1) is 0 Å². The van der Waals surface area contributed by atoms with Gasteiger partial charge >= 0.3 is 0 Å². The SMILES string of the molecule is CCCC(CC)NCCCS(N)(=O)=O. The first kappa shape index (κ1) is 13.9. The number of rotatable bonds is 8. The third-order valence-corrected chi connectivity index (χ3v) is 3.03. The first-order valence-corrected chi connectivity index (χ1v) is 6.95. The zero-order valence-corrected chi connectivity index (χ0v) is 9.94. The summed E-state index contributed by atoms with van der Waals surface area (Å²) in [4.78, 5) is 0. The predicted molar refractivity (Wildman–Crippen MR) is 59.6 cm³/mol. The van der Waals surface area contributed by atoms with Crippen LogP contribution in [0.4, 0.5) is 0 Å². The van der Waals surface area contributed by atoms with E-state index in [1.54, 1.807) is 0 Å². The molecule has 0 amide bonds. The lowest BCUT2D eigenvalue weighted by Gasteiger charge is -2.15. The topological polar surface area (TPSA) is 72.2 Å². The van der Waals surface area contributed by atoms with Crippen molar-refractivity contribution in [2.75, 3.05) is 12.3 Å². The van der Waals surface area contributed by atoms with Crippen molar-refractivity contribution in [3.05, 3.63) is 0 Å². The van der Waals surface area contributed by atoms with Gasteiger partial charge in [0.25, 0.3) is 0 Å². The highest BCUT2D eigenvalue weighted by Crippen LogP contribution is 2.00. The fraction of sp³-hybridized carbons (Fsp3) is 1.00. The maximum absolute atomic E-state index is 10.6. The van der Waals surface area contributed by atoms with Gasteiger partial charge in [0.1, 0.15) is 0 Å². The quantitative estimate of drug-likeness (QED) is 0.598. The minimum atomic E-state index is -3.28. The van der Waals surface area contributed by atoms with E-state index in [2.05, 4.69) is 19.2 Å². The Labute approximate surface area is 87.3 Å². The molecule has 0 heterocycles. The summed E-state index contributed by atoms with van der Waals surface area (Å²) >= 11 is 0. The second-order valence-electron chi connectivity index (χ2n) is 3.57. The van der Waals surface area contributed by atoms with Gasteiger partial charge in [-0.1, -0.05) is 20.3 Å². The van der Waals surface area contributed by atoms with Gasteiger partial charge in [-0.3, -0.25) is 0 Å². The third kappa shape index (κ3) is 8.47. The largest absolute Gasteiger partial charge is 0.314 e. The highest BCUT2D eigenvalue weighted by molar-refractivity contribution is 7.89. The molecule has 0 aromatic carbocycles. The van der Waals surface area contributed by atoms with Crippen LogP contribution >= 0.6 is 0 Å². The molecule has 1 atom stereocenters. The summed E-state index contributed by atoms with van der Waals surface area (Å²) in [5, 5.41) is 8.21. The van der Waals surface area contributed by atoms with Gasteiger partial charge in [-0.15, -0.1) is 0 Å². The van der Waals surface area contributed by atoms with Crippen molar-refractivity contribution in [2.24, 2.45) is 5.14 Å². The van der Waals surface area contributed by atoms with Gasteiger partial charge in [-0.2, -0.15) is 0 Å². The van der Waals surface area contributed by atoms with Crippen LogP contribution in [-0.4, -0.2) is 26.8 Å². The van der Waals surface area contributed by atoms with E-state index in [1.165, 1.54) is 0 Å². The second-order valence-corrected chi connectivity index (χ2v) is 5.30. The van der Waals surface area contributed by atoms with Gasteiger partial charge < -0.3 is 5.32 Å².